The quantitative estimate of drug-likeness (QED) is 0.505. The predicted molar refractivity (Wildman–Crippen MR) is 133 cm³/mol. The zero-order chi connectivity index (χ0) is 25.1. The van der Waals surface area contributed by atoms with Gasteiger partial charge in [0.1, 0.15) is 12.4 Å². The van der Waals surface area contributed by atoms with E-state index in [4.69, 9.17) is 21.1 Å². The molecule has 10 nitrogen and oxygen atoms in total. The summed E-state index contributed by atoms with van der Waals surface area (Å²) in [6.07, 6.45) is 12.1. The summed E-state index contributed by atoms with van der Waals surface area (Å²) in [4.78, 5) is 30.2. The average molecular weight is 516 g/mol. The van der Waals surface area contributed by atoms with Crippen LogP contribution in [0.1, 0.15) is 55.6 Å². The van der Waals surface area contributed by atoms with Crippen LogP contribution in [-0.4, -0.2) is 69.7 Å². The lowest BCUT2D eigenvalue weighted by Crippen LogP contribution is -2.47. The zero-order valence-electron chi connectivity index (χ0n) is 20.0. The predicted octanol–water partition coefficient (Wildman–Crippen LogP) is 2.68. The van der Waals surface area contributed by atoms with Gasteiger partial charge in [0.05, 0.1) is 23.6 Å². The van der Waals surface area contributed by atoms with Crippen LogP contribution < -0.4 is 10.6 Å². The normalized spacial score (nSPS) is 23.4. The van der Waals surface area contributed by atoms with E-state index in [0.29, 0.717) is 61.5 Å². The van der Waals surface area contributed by atoms with Gasteiger partial charge in [-0.15, -0.1) is 5.10 Å². The number of halogens is 1. The second-order valence-corrected chi connectivity index (χ2v) is 9.92. The monoisotopic (exact) mass is 515 g/mol. The van der Waals surface area contributed by atoms with Crippen LogP contribution in [0.3, 0.4) is 0 Å². The number of allylic oxidation sites excluding steroid dienone is 6. The minimum Gasteiger partial charge on any atom is -0.491 e. The first-order chi connectivity index (χ1) is 17.4. The van der Waals surface area contributed by atoms with Gasteiger partial charge in [-0.1, -0.05) is 29.8 Å². The van der Waals surface area contributed by atoms with Gasteiger partial charge < -0.3 is 25.2 Å². The van der Waals surface area contributed by atoms with Crippen molar-refractivity contribution in [1.82, 2.24) is 20.1 Å². The Bertz CT molecular complexity index is 1160. The van der Waals surface area contributed by atoms with Crippen molar-refractivity contribution in [3.8, 4) is 0 Å². The largest absolute Gasteiger partial charge is 0.491 e. The Balaban J connectivity index is 1.21. The van der Waals surface area contributed by atoms with E-state index in [1.165, 1.54) is 4.68 Å². The summed E-state index contributed by atoms with van der Waals surface area (Å²) in [6.45, 7) is 1.17. The molecule has 1 aromatic heterocycles. The second-order valence-electron chi connectivity index (χ2n) is 9.47. The lowest BCUT2D eigenvalue weighted by atomic mass is 9.94. The average Bonchev–Trinajstić information content (AvgIpc) is 3.32. The highest BCUT2D eigenvalue weighted by atomic mass is 35.5. The van der Waals surface area contributed by atoms with Crippen molar-refractivity contribution < 1.29 is 24.2 Å². The lowest BCUT2D eigenvalue weighted by molar-refractivity contribution is -0.120. The summed E-state index contributed by atoms with van der Waals surface area (Å²) in [5, 5.41) is 21.5. The van der Waals surface area contributed by atoms with Gasteiger partial charge in [-0.05, 0) is 31.8 Å². The molecule has 0 radical (unpaired) electrons. The number of hydrogen-bond donors (Lipinski definition) is 3. The van der Waals surface area contributed by atoms with E-state index >= 15 is 0 Å². The molecule has 1 atom stereocenters. The molecule has 2 aliphatic carbocycles. The van der Waals surface area contributed by atoms with Crippen LogP contribution in [0, 0.1) is 0 Å². The molecule has 5 rings (SSSR count). The van der Waals surface area contributed by atoms with Crippen molar-refractivity contribution in [2.45, 2.75) is 56.6 Å². The van der Waals surface area contributed by atoms with Crippen molar-refractivity contribution in [2.24, 2.45) is 0 Å². The molecular weight excluding hydrogens is 486 g/mol. The number of hydrogen-bond acceptors (Lipinski definition) is 8. The van der Waals surface area contributed by atoms with Crippen molar-refractivity contribution in [2.75, 3.05) is 31.7 Å². The van der Waals surface area contributed by atoms with Crippen molar-refractivity contribution in [1.29, 1.82) is 0 Å². The lowest BCUT2D eigenvalue weighted by Gasteiger charge is -2.32. The third-order valence-electron chi connectivity index (χ3n) is 6.73. The molecule has 3 heterocycles. The van der Waals surface area contributed by atoms with Crippen LogP contribution >= 0.6 is 11.6 Å². The Hall–Kier alpha value is -2.95. The van der Waals surface area contributed by atoms with Gasteiger partial charge in [-0.2, -0.15) is 9.67 Å². The van der Waals surface area contributed by atoms with Gasteiger partial charge in [0.2, 0.25) is 5.95 Å². The number of rotatable bonds is 7. The number of fused-ring (bicyclic) bond motifs is 1. The number of aromatic nitrogens is 3. The third-order valence-corrected chi connectivity index (χ3v) is 7.11. The molecule has 0 saturated carbocycles. The van der Waals surface area contributed by atoms with E-state index in [0.717, 1.165) is 18.4 Å². The number of aliphatic hydroxyl groups is 1. The topological polar surface area (TPSA) is 128 Å². The number of ether oxygens (including phenoxy) is 2. The molecule has 2 aliphatic heterocycles. The standard InChI is InChI=1S/C25H30ClN5O5/c26-18-7-4-8-19(21(18)23(33)27-15-25(34)9-11-35-12-10-25)36-14-17-13-20(32)31-24(28-17)29-22(30-31)16-5-2-1-3-6-16/h2,5-6,8,17,34H,1,3-4,7,9-15H2,(H,27,33)(H,28,29,30). The van der Waals surface area contributed by atoms with Crippen LogP contribution in [0.2, 0.25) is 0 Å². The summed E-state index contributed by atoms with van der Waals surface area (Å²) in [5.41, 5.74) is 0.172. The number of anilines is 1. The molecule has 3 N–H and O–H groups in total. The fourth-order valence-electron chi connectivity index (χ4n) is 4.62. The molecule has 36 heavy (non-hydrogen) atoms. The van der Waals surface area contributed by atoms with Crippen molar-refractivity contribution in [3.05, 3.63) is 46.5 Å². The molecular formula is C25H30ClN5O5. The number of nitrogens with one attached hydrogen (secondary N) is 2. The highest BCUT2D eigenvalue weighted by Crippen LogP contribution is 2.30. The second kappa shape index (κ2) is 10.6. The van der Waals surface area contributed by atoms with Crippen molar-refractivity contribution >= 4 is 34.9 Å². The summed E-state index contributed by atoms with van der Waals surface area (Å²) >= 11 is 6.43. The van der Waals surface area contributed by atoms with Gasteiger partial charge in [-0.25, -0.2) is 0 Å². The van der Waals surface area contributed by atoms with Crippen LogP contribution in [0.15, 0.2) is 40.7 Å². The maximum absolute atomic E-state index is 13.0. The minimum atomic E-state index is -0.995. The molecule has 1 saturated heterocycles. The SMILES string of the molecule is O=C(NCC1(O)CCOCC1)C1=C(Cl)CCC=C1OCC1CC(=O)n2nc(C3=CCCC=C3)nc2N1. The molecule has 1 amide bonds. The van der Waals surface area contributed by atoms with Crippen LogP contribution in [0.4, 0.5) is 5.95 Å². The molecule has 4 aliphatic rings. The fraction of sp³-hybridized carbons (Fsp3) is 0.520. The molecule has 0 bridgehead atoms. The van der Waals surface area contributed by atoms with Gasteiger partial charge in [0.25, 0.3) is 11.8 Å². The molecule has 0 spiro atoms. The highest BCUT2D eigenvalue weighted by Gasteiger charge is 2.33. The zero-order valence-corrected chi connectivity index (χ0v) is 20.7. The van der Waals surface area contributed by atoms with Gasteiger partial charge in [0, 0.05) is 43.2 Å². The first kappa shape index (κ1) is 24.7. The number of carbonyl (C=O) groups is 2. The highest BCUT2D eigenvalue weighted by molar-refractivity contribution is 6.32. The number of carbonyl (C=O) groups excluding carboxylic acids is 2. The van der Waals surface area contributed by atoms with Crippen LogP contribution in [-0.2, 0) is 14.3 Å². The number of nitrogens with zero attached hydrogens (tertiary/aromatic N) is 3. The Labute approximate surface area is 214 Å². The minimum absolute atomic E-state index is 0.110. The smallest absolute Gasteiger partial charge is 0.256 e. The molecule has 1 aromatic rings. The summed E-state index contributed by atoms with van der Waals surface area (Å²) in [7, 11) is 0. The van der Waals surface area contributed by atoms with Crippen molar-refractivity contribution in [3.63, 3.8) is 0 Å². The summed E-state index contributed by atoms with van der Waals surface area (Å²) < 4.78 is 12.6. The van der Waals surface area contributed by atoms with Gasteiger partial charge >= 0.3 is 0 Å². The first-order valence-corrected chi connectivity index (χ1v) is 12.7. The number of amides is 1. The maximum Gasteiger partial charge on any atom is 0.256 e. The van der Waals surface area contributed by atoms with E-state index in [2.05, 4.69) is 32.9 Å². The Kier molecular flexibility index (Phi) is 7.27. The first-order valence-electron chi connectivity index (χ1n) is 12.4. The molecule has 11 heteroatoms. The Morgan fingerprint density at radius 1 is 1.31 bits per heavy atom. The Morgan fingerprint density at radius 2 is 2.14 bits per heavy atom. The van der Waals surface area contributed by atoms with E-state index in [1.807, 2.05) is 12.2 Å². The summed E-state index contributed by atoms with van der Waals surface area (Å²) in [6, 6.07) is -0.341. The third kappa shape index (κ3) is 5.40. The van der Waals surface area contributed by atoms with Crippen LogP contribution in [0.5, 0.6) is 0 Å². The van der Waals surface area contributed by atoms with E-state index in [9.17, 15) is 14.7 Å². The maximum atomic E-state index is 13.0. The molecule has 0 aromatic carbocycles. The summed E-state index contributed by atoms with van der Waals surface area (Å²) in [5.74, 6) is 0.700. The molecule has 1 fully saturated rings. The van der Waals surface area contributed by atoms with Gasteiger partial charge in [0.15, 0.2) is 5.82 Å². The van der Waals surface area contributed by atoms with Gasteiger partial charge in [-0.3, -0.25) is 9.59 Å². The Morgan fingerprint density at radius 3 is 2.92 bits per heavy atom. The van der Waals surface area contributed by atoms with E-state index < -0.39 is 11.5 Å². The molecule has 192 valence electrons. The van der Waals surface area contributed by atoms with E-state index in [-0.39, 0.29) is 37.1 Å². The fourth-order valence-corrected chi connectivity index (χ4v) is 4.91. The molecule has 1 unspecified atom stereocenters. The van der Waals surface area contributed by atoms with Crippen LogP contribution in [0.25, 0.3) is 5.57 Å². The van der Waals surface area contributed by atoms with E-state index in [1.54, 1.807) is 0 Å².